The van der Waals surface area contributed by atoms with Crippen molar-refractivity contribution in [3.63, 3.8) is 0 Å². The molecule has 0 radical (unpaired) electrons. The van der Waals surface area contributed by atoms with E-state index in [-0.39, 0.29) is 16.6 Å². The highest BCUT2D eigenvalue weighted by Gasteiger charge is 2.35. The lowest BCUT2D eigenvalue weighted by Gasteiger charge is -2.29. The molecule has 0 spiro atoms. The van der Waals surface area contributed by atoms with Gasteiger partial charge < -0.3 is 9.88 Å². The average molecular weight is 507 g/mol. The SMILES string of the molecule is CC(=O)Nc1ccc(-n2c(C)cc(/C=C3\C(=O)NC(=S)N(c4ccc(C)c(Cl)c4)C3=O)c2C)cc1. The van der Waals surface area contributed by atoms with Gasteiger partial charge in [0.25, 0.3) is 11.8 Å². The van der Waals surface area contributed by atoms with E-state index in [2.05, 4.69) is 10.6 Å². The summed E-state index contributed by atoms with van der Waals surface area (Å²) in [6.45, 7) is 7.17. The number of hydrogen-bond acceptors (Lipinski definition) is 4. The van der Waals surface area contributed by atoms with E-state index in [1.54, 1.807) is 24.3 Å². The quantitative estimate of drug-likeness (QED) is 0.301. The number of halogens is 1. The number of amides is 3. The topological polar surface area (TPSA) is 83.4 Å². The van der Waals surface area contributed by atoms with Crippen LogP contribution in [0.3, 0.4) is 0 Å². The van der Waals surface area contributed by atoms with Gasteiger partial charge in [0.15, 0.2) is 5.11 Å². The largest absolute Gasteiger partial charge is 0.326 e. The Morgan fingerprint density at radius 1 is 1.03 bits per heavy atom. The third kappa shape index (κ3) is 4.76. The molecule has 1 saturated heterocycles. The molecule has 3 amide bonds. The summed E-state index contributed by atoms with van der Waals surface area (Å²) >= 11 is 11.5. The first-order valence-electron chi connectivity index (χ1n) is 10.8. The summed E-state index contributed by atoms with van der Waals surface area (Å²) in [6.07, 6.45) is 1.58. The molecule has 3 aromatic rings. The fraction of sp³-hybridized carbons (Fsp3) is 0.154. The van der Waals surface area contributed by atoms with Crippen molar-refractivity contribution < 1.29 is 14.4 Å². The van der Waals surface area contributed by atoms with Crippen LogP contribution in [-0.4, -0.2) is 27.4 Å². The molecular formula is C26H23ClN4O3S. The number of nitrogens with zero attached hydrogens (tertiary/aromatic N) is 2. The Kier molecular flexibility index (Phi) is 6.60. The second-order valence-corrected chi connectivity index (χ2v) is 9.08. The summed E-state index contributed by atoms with van der Waals surface area (Å²) in [5.74, 6) is -1.22. The van der Waals surface area contributed by atoms with Gasteiger partial charge in [-0.3, -0.25) is 24.6 Å². The van der Waals surface area contributed by atoms with Gasteiger partial charge in [-0.15, -0.1) is 0 Å². The summed E-state index contributed by atoms with van der Waals surface area (Å²) in [5, 5.41) is 5.84. The fourth-order valence-electron chi connectivity index (χ4n) is 4.00. The van der Waals surface area contributed by atoms with Gasteiger partial charge in [-0.05, 0) is 92.7 Å². The molecule has 2 aromatic carbocycles. The minimum atomic E-state index is -0.557. The van der Waals surface area contributed by atoms with E-state index < -0.39 is 11.8 Å². The first-order valence-corrected chi connectivity index (χ1v) is 11.6. The van der Waals surface area contributed by atoms with E-state index in [9.17, 15) is 14.4 Å². The Hall–Kier alpha value is -3.75. The molecule has 4 rings (SSSR count). The second-order valence-electron chi connectivity index (χ2n) is 8.28. The van der Waals surface area contributed by atoms with E-state index in [1.165, 1.54) is 11.8 Å². The number of thiocarbonyl (C=S) groups is 1. The minimum Gasteiger partial charge on any atom is -0.326 e. The van der Waals surface area contributed by atoms with Crippen molar-refractivity contribution in [2.24, 2.45) is 0 Å². The summed E-state index contributed by atoms with van der Waals surface area (Å²) in [4.78, 5) is 38.7. The van der Waals surface area contributed by atoms with Gasteiger partial charge in [-0.1, -0.05) is 17.7 Å². The van der Waals surface area contributed by atoms with E-state index in [0.29, 0.717) is 16.4 Å². The number of aromatic nitrogens is 1. The molecule has 0 atom stereocenters. The highest BCUT2D eigenvalue weighted by molar-refractivity contribution is 7.80. The minimum absolute atomic E-state index is 0.00167. The Morgan fingerprint density at radius 2 is 1.69 bits per heavy atom. The predicted molar refractivity (Wildman–Crippen MR) is 142 cm³/mol. The second kappa shape index (κ2) is 9.48. The zero-order valence-electron chi connectivity index (χ0n) is 19.6. The lowest BCUT2D eigenvalue weighted by Crippen LogP contribution is -2.54. The number of carbonyl (C=O) groups excluding carboxylic acids is 3. The molecule has 2 heterocycles. The van der Waals surface area contributed by atoms with Gasteiger partial charge in [-0.25, -0.2) is 0 Å². The van der Waals surface area contributed by atoms with Crippen molar-refractivity contribution in [3.8, 4) is 5.69 Å². The van der Waals surface area contributed by atoms with Crippen LogP contribution in [0.15, 0.2) is 54.1 Å². The van der Waals surface area contributed by atoms with Crippen LogP contribution in [0, 0.1) is 20.8 Å². The average Bonchev–Trinajstić information content (AvgIpc) is 3.06. The number of aryl methyl sites for hydroxylation is 2. The third-order valence-corrected chi connectivity index (χ3v) is 6.42. The van der Waals surface area contributed by atoms with Crippen molar-refractivity contribution in [1.82, 2.24) is 9.88 Å². The van der Waals surface area contributed by atoms with E-state index in [0.717, 1.165) is 28.2 Å². The Morgan fingerprint density at radius 3 is 2.31 bits per heavy atom. The molecular weight excluding hydrogens is 484 g/mol. The van der Waals surface area contributed by atoms with Gasteiger partial charge in [0.1, 0.15) is 5.57 Å². The maximum absolute atomic E-state index is 13.4. The van der Waals surface area contributed by atoms with Crippen molar-refractivity contribution in [2.75, 3.05) is 10.2 Å². The molecule has 1 aliphatic rings. The number of rotatable bonds is 4. The molecule has 1 fully saturated rings. The third-order valence-electron chi connectivity index (χ3n) is 5.73. The van der Waals surface area contributed by atoms with Gasteiger partial charge in [0.2, 0.25) is 5.91 Å². The Bertz CT molecular complexity index is 1420. The van der Waals surface area contributed by atoms with Crippen molar-refractivity contribution in [3.05, 3.63) is 81.6 Å². The monoisotopic (exact) mass is 506 g/mol. The molecule has 0 unspecified atom stereocenters. The number of benzene rings is 2. The maximum atomic E-state index is 13.4. The lowest BCUT2D eigenvalue weighted by atomic mass is 10.1. The lowest BCUT2D eigenvalue weighted by molar-refractivity contribution is -0.122. The normalized spacial score (nSPS) is 14.9. The molecule has 9 heteroatoms. The van der Waals surface area contributed by atoms with Crippen LogP contribution < -0.4 is 15.5 Å². The molecule has 0 bridgehead atoms. The van der Waals surface area contributed by atoms with E-state index >= 15 is 0 Å². The fourth-order valence-corrected chi connectivity index (χ4v) is 4.45. The standard InChI is InChI=1S/C26H23ClN4O3S/c1-14-5-8-21(13-23(14)27)31-25(34)22(24(33)29-26(31)35)12-18-11-15(2)30(16(18)3)20-9-6-19(7-10-20)28-17(4)32/h5-13H,1-4H3,(H,28,32)(H,29,33,35)/b22-12+. The molecule has 7 nitrogen and oxygen atoms in total. The molecule has 35 heavy (non-hydrogen) atoms. The van der Waals surface area contributed by atoms with Gasteiger partial charge in [-0.2, -0.15) is 0 Å². The van der Waals surface area contributed by atoms with Crippen molar-refractivity contribution >= 4 is 64.1 Å². The summed E-state index contributed by atoms with van der Waals surface area (Å²) < 4.78 is 2.01. The van der Waals surface area contributed by atoms with Gasteiger partial charge >= 0.3 is 0 Å². The smallest absolute Gasteiger partial charge is 0.270 e. The summed E-state index contributed by atoms with van der Waals surface area (Å²) in [6, 6.07) is 14.5. The van der Waals surface area contributed by atoms with Crippen LogP contribution in [0.5, 0.6) is 0 Å². The molecule has 2 N–H and O–H groups in total. The van der Waals surface area contributed by atoms with Gasteiger partial charge in [0, 0.05) is 34.7 Å². The first-order chi connectivity index (χ1) is 16.6. The Balaban J connectivity index is 1.71. The van der Waals surface area contributed by atoms with Crippen molar-refractivity contribution in [1.29, 1.82) is 0 Å². The van der Waals surface area contributed by atoms with Crippen molar-refractivity contribution in [2.45, 2.75) is 27.7 Å². The zero-order chi connectivity index (χ0) is 25.4. The highest BCUT2D eigenvalue weighted by atomic mass is 35.5. The van der Waals surface area contributed by atoms with E-state index in [4.69, 9.17) is 23.8 Å². The predicted octanol–water partition coefficient (Wildman–Crippen LogP) is 4.85. The molecule has 0 aliphatic carbocycles. The summed E-state index contributed by atoms with van der Waals surface area (Å²) in [7, 11) is 0. The van der Waals surface area contributed by atoms with E-state index in [1.807, 2.05) is 55.7 Å². The van der Waals surface area contributed by atoms with Crippen LogP contribution >= 0.6 is 23.8 Å². The van der Waals surface area contributed by atoms with Crippen LogP contribution in [0.1, 0.15) is 29.4 Å². The summed E-state index contributed by atoms with van der Waals surface area (Å²) in [5.41, 5.74) is 5.38. The van der Waals surface area contributed by atoms with Crippen LogP contribution in [0.4, 0.5) is 11.4 Å². The number of nitrogens with one attached hydrogen (secondary N) is 2. The van der Waals surface area contributed by atoms with Crippen LogP contribution in [0.25, 0.3) is 11.8 Å². The molecule has 0 saturated carbocycles. The number of carbonyl (C=O) groups is 3. The van der Waals surface area contributed by atoms with Gasteiger partial charge in [0.05, 0.1) is 5.69 Å². The molecule has 1 aliphatic heterocycles. The number of hydrogen-bond donors (Lipinski definition) is 2. The Labute approximate surface area is 213 Å². The molecule has 178 valence electrons. The van der Waals surface area contributed by atoms with Crippen LogP contribution in [-0.2, 0) is 14.4 Å². The zero-order valence-corrected chi connectivity index (χ0v) is 21.2. The first kappa shape index (κ1) is 24.4. The highest BCUT2D eigenvalue weighted by Crippen LogP contribution is 2.28. The molecule has 1 aromatic heterocycles. The number of anilines is 2. The maximum Gasteiger partial charge on any atom is 0.270 e. The van der Waals surface area contributed by atoms with Crippen LogP contribution in [0.2, 0.25) is 5.02 Å².